The molecule has 2 aromatic rings. The quantitative estimate of drug-likeness (QED) is 0.937. The average molecular weight is 285 g/mol. The maximum atomic E-state index is 6.19. The summed E-state index contributed by atoms with van der Waals surface area (Å²) in [4.78, 5) is 8.60. The molecule has 1 unspecified atom stereocenters. The first-order valence-electron chi connectivity index (χ1n) is 7.80. The molecule has 0 amide bonds. The van der Waals surface area contributed by atoms with Gasteiger partial charge in [-0.05, 0) is 31.4 Å². The maximum Gasteiger partial charge on any atom is 0.145 e. The second-order valence-electron chi connectivity index (χ2n) is 6.01. The van der Waals surface area contributed by atoms with Crippen LogP contribution in [0.25, 0.3) is 0 Å². The first-order valence-corrected chi connectivity index (χ1v) is 7.80. The molecule has 1 saturated carbocycles. The van der Waals surface area contributed by atoms with Crippen LogP contribution in [0, 0.1) is 6.92 Å². The highest BCUT2D eigenvalue weighted by Gasteiger charge is 2.17. The lowest BCUT2D eigenvalue weighted by atomic mass is 9.96. The molecule has 5 heteroatoms. The van der Waals surface area contributed by atoms with Crippen molar-refractivity contribution in [1.82, 2.24) is 19.7 Å². The monoisotopic (exact) mass is 285 g/mol. The van der Waals surface area contributed by atoms with Gasteiger partial charge in [-0.1, -0.05) is 19.3 Å². The van der Waals surface area contributed by atoms with Crippen molar-refractivity contribution in [1.29, 1.82) is 0 Å². The maximum absolute atomic E-state index is 6.19. The fourth-order valence-electron chi connectivity index (χ4n) is 2.95. The number of aromatic nitrogens is 4. The molecule has 5 nitrogen and oxygen atoms in total. The van der Waals surface area contributed by atoms with Crippen LogP contribution in [-0.2, 0) is 6.42 Å². The zero-order valence-corrected chi connectivity index (χ0v) is 12.6. The second kappa shape index (κ2) is 6.35. The summed E-state index contributed by atoms with van der Waals surface area (Å²) in [5.41, 5.74) is 8.26. The first-order chi connectivity index (χ1) is 10.2. The Morgan fingerprint density at radius 1 is 1.24 bits per heavy atom. The van der Waals surface area contributed by atoms with E-state index in [4.69, 9.17) is 10.8 Å². The van der Waals surface area contributed by atoms with Gasteiger partial charge in [0.25, 0.3) is 0 Å². The minimum atomic E-state index is -0.194. The van der Waals surface area contributed by atoms with Crippen LogP contribution in [0.5, 0.6) is 0 Å². The molecule has 0 saturated heterocycles. The molecule has 0 spiro atoms. The number of aryl methyl sites for hydroxylation is 1. The van der Waals surface area contributed by atoms with Crippen molar-refractivity contribution in [3.63, 3.8) is 0 Å². The highest BCUT2D eigenvalue weighted by atomic mass is 15.3. The third-order valence-electron chi connectivity index (χ3n) is 4.17. The number of rotatable bonds is 4. The van der Waals surface area contributed by atoms with E-state index in [1.54, 1.807) is 0 Å². The van der Waals surface area contributed by atoms with Crippen LogP contribution in [-0.4, -0.2) is 19.7 Å². The first kappa shape index (κ1) is 14.2. The Hall–Kier alpha value is -1.75. The zero-order chi connectivity index (χ0) is 14.7. The summed E-state index contributed by atoms with van der Waals surface area (Å²) in [5.74, 6) is 0.688. The van der Waals surface area contributed by atoms with E-state index in [2.05, 4.69) is 26.9 Å². The summed E-state index contributed by atoms with van der Waals surface area (Å²) in [6.07, 6.45) is 12.9. The third kappa shape index (κ3) is 3.47. The largest absolute Gasteiger partial charge is 0.321 e. The van der Waals surface area contributed by atoms with Crippen LogP contribution in [0.2, 0.25) is 0 Å². The molecule has 1 aliphatic carbocycles. The van der Waals surface area contributed by atoms with Gasteiger partial charge in [0.15, 0.2) is 0 Å². The van der Waals surface area contributed by atoms with E-state index in [1.165, 1.54) is 32.1 Å². The van der Waals surface area contributed by atoms with Gasteiger partial charge < -0.3 is 5.73 Å². The van der Waals surface area contributed by atoms with Gasteiger partial charge in [-0.3, -0.25) is 4.68 Å². The van der Waals surface area contributed by atoms with Gasteiger partial charge in [-0.2, -0.15) is 5.10 Å². The highest BCUT2D eigenvalue weighted by Crippen LogP contribution is 2.27. The SMILES string of the molecule is Cc1cnc(C(N)Cc2ccn(C3CCCCC3)n2)nc1. The van der Waals surface area contributed by atoms with E-state index in [9.17, 15) is 0 Å². The van der Waals surface area contributed by atoms with E-state index in [0.29, 0.717) is 18.3 Å². The van der Waals surface area contributed by atoms with Crippen molar-refractivity contribution >= 4 is 0 Å². The highest BCUT2D eigenvalue weighted by molar-refractivity contribution is 5.09. The number of nitrogens with zero attached hydrogens (tertiary/aromatic N) is 4. The van der Waals surface area contributed by atoms with Gasteiger partial charge in [-0.25, -0.2) is 9.97 Å². The molecule has 0 radical (unpaired) electrons. The van der Waals surface area contributed by atoms with Crippen molar-refractivity contribution in [2.24, 2.45) is 5.73 Å². The lowest BCUT2D eigenvalue weighted by Crippen LogP contribution is -2.18. The Kier molecular flexibility index (Phi) is 4.29. The molecule has 3 rings (SSSR count). The van der Waals surface area contributed by atoms with Gasteiger partial charge in [0.05, 0.1) is 17.8 Å². The van der Waals surface area contributed by atoms with Gasteiger partial charge in [0, 0.05) is 25.0 Å². The van der Waals surface area contributed by atoms with Gasteiger partial charge in [-0.15, -0.1) is 0 Å². The van der Waals surface area contributed by atoms with E-state index in [0.717, 1.165) is 11.3 Å². The van der Waals surface area contributed by atoms with Crippen LogP contribution in [0.1, 0.15) is 61.3 Å². The summed E-state index contributed by atoms with van der Waals surface area (Å²) in [5, 5.41) is 4.70. The normalized spacial score (nSPS) is 17.8. The molecule has 2 heterocycles. The van der Waals surface area contributed by atoms with Crippen LogP contribution >= 0.6 is 0 Å². The summed E-state index contributed by atoms with van der Waals surface area (Å²) in [6.45, 7) is 1.97. The van der Waals surface area contributed by atoms with E-state index >= 15 is 0 Å². The Morgan fingerprint density at radius 2 is 1.95 bits per heavy atom. The Bertz CT molecular complexity index is 569. The van der Waals surface area contributed by atoms with Crippen LogP contribution in [0.3, 0.4) is 0 Å². The van der Waals surface area contributed by atoms with Crippen molar-refractivity contribution in [3.05, 3.63) is 41.7 Å². The standard InChI is InChI=1S/C16H23N5/c1-12-10-18-16(19-11-12)15(17)9-13-7-8-21(20-13)14-5-3-2-4-6-14/h7-8,10-11,14-15H,2-6,9,17H2,1H3. The van der Waals surface area contributed by atoms with E-state index in [-0.39, 0.29) is 6.04 Å². The number of hydrogen-bond donors (Lipinski definition) is 1. The fraction of sp³-hybridized carbons (Fsp3) is 0.562. The molecule has 0 aromatic carbocycles. The summed E-state index contributed by atoms with van der Waals surface area (Å²) < 4.78 is 2.12. The molecule has 21 heavy (non-hydrogen) atoms. The van der Waals surface area contributed by atoms with Crippen molar-refractivity contribution in [2.75, 3.05) is 0 Å². The number of hydrogen-bond acceptors (Lipinski definition) is 4. The molecule has 0 bridgehead atoms. The van der Waals surface area contributed by atoms with E-state index in [1.807, 2.05) is 19.3 Å². The second-order valence-corrected chi connectivity index (χ2v) is 6.01. The smallest absolute Gasteiger partial charge is 0.145 e. The van der Waals surface area contributed by atoms with Crippen molar-refractivity contribution in [2.45, 2.75) is 57.5 Å². The topological polar surface area (TPSA) is 69.6 Å². The number of nitrogens with two attached hydrogens (primary N) is 1. The molecule has 0 aliphatic heterocycles. The predicted octanol–water partition coefficient (Wildman–Crippen LogP) is 2.73. The average Bonchev–Trinajstić information content (AvgIpc) is 2.97. The molecule has 2 N–H and O–H groups in total. The van der Waals surface area contributed by atoms with Crippen molar-refractivity contribution in [3.8, 4) is 0 Å². The molecule has 2 aromatic heterocycles. The lowest BCUT2D eigenvalue weighted by molar-refractivity contribution is 0.327. The fourth-order valence-corrected chi connectivity index (χ4v) is 2.95. The van der Waals surface area contributed by atoms with Gasteiger partial charge >= 0.3 is 0 Å². The minimum absolute atomic E-state index is 0.194. The molecule has 1 fully saturated rings. The molecular weight excluding hydrogens is 262 g/mol. The van der Waals surface area contributed by atoms with E-state index < -0.39 is 0 Å². The molecular formula is C16H23N5. The molecule has 112 valence electrons. The van der Waals surface area contributed by atoms with Gasteiger partial charge in [0.1, 0.15) is 5.82 Å². The summed E-state index contributed by atoms with van der Waals surface area (Å²) in [6, 6.07) is 2.45. The molecule has 1 atom stereocenters. The Morgan fingerprint density at radius 3 is 2.67 bits per heavy atom. The van der Waals surface area contributed by atoms with Crippen molar-refractivity contribution < 1.29 is 0 Å². The third-order valence-corrected chi connectivity index (χ3v) is 4.17. The minimum Gasteiger partial charge on any atom is -0.321 e. The Balaban J connectivity index is 1.64. The zero-order valence-electron chi connectivity index (χ0n) is 12.6. The summed E-state index contributed by atoms with van der Waals surface area (Å²) >= 11 is 0. The lowest BCUT2D eigenvalue weighted by Gasteiger charge is -2.21. The van der Waals surface area contributed by atoms with Gasteiger partial charge in [0.2, 0.25) is 0 Å². The predicted molar refractivity (Wildman–Crippen MR) is 81.8 cm³/mol. The van der Waals surface area contributed by atoms with Crippen LogP contribution in [0.4, 0.5) is 0 Å². The Labute approximate surface area is 125 Å². The van der Waals surface area contributed by atoms with Crippen LogP contribution in [0.15, 0.2) is 24.7 Å². The van der Waals surface area contributed by atoms with Crippen LogP contribution < -0.4 is 5.73 Å². The summed E-state index contributed by atoms with van der Waals surface area (Å²) in [7, 11) is 0. The molecule has 1 aliphatic rings.